The minimum Gasteiger partial charge on any atom is -0.357 e. The molecule has 3 unspecified atom stereocenters. The number of aromatic nitrogens is 2. The maximum atomic E-state index is 4.05. The number of hydrogen-bond acceptors (Lipinski definition) is 4. The molecule has 0 radical (unpaired) electrons. The molecule has 13 heavy (non-hydrogen) atoms. The Bertz CT molecular complexity index is 297. The highest BCUT2D eigenvalue weighted by molar-refractivity contribution is 7.15. The highest BCUT2D eigenvalue weighted by Crippen LogP contribution is 2.36. The molecule has 1 aromatic rings. The molecule has 0 saturated heterocycles. The highest BCUT2D eigenvalue weighted by Gasteiger charge is 2.34. The van der Waals surface area contributed by atoms with E-state index in [4.69, 9.17) is 0 Å². The van der Waals surface area contributed by atoms with Crippen LogP contribution < -0.4 is 5.32 Å². The molecule has 72 valence electrons. The van der Waals surface area contributed by atoms with Crippen molar-refractivity contribution in [1.29, 1.82) is 0 Å². The third-order valence-electron chi connectivity index (χ3n) is 2.99. The zero-order valence-corrected chi connectivity index (χ0v) is 9.06. The Hall–Kier alpha value is -0.640. The first-order valence-electron chi connectivity index (χ1n) is 4.73. The van der Waals surface area contributed by atoms with Crippen LogP contribution in [0.15, 0.2) is 0 Å². The van der Waals surface area contributed by atoms with Gasteiger partial charge in [0.25, 0.3) is 0 Å². The Morgan fingerprint density at radius 3 is 2.62 bits per heavy atom. The van der Waals surface area contributed by atoms with Gasteiger partial charge in [-0.05, 0) is 25.2 Å². The summed E-state index contributed by atoms with van der Waals surface area (Å²) in [6.07, 6.45) is 1.26. The average Bonchev–Trinajstić information content (AvgIpc) is 2.50. The Balaban J connectivity index is 1.93. The van der Waals surface area contributed by atoms with Crippen LogP contribution in [-0.4, -0.2) is 16.2 Å². The molecule has 0 aromatic carbocycles. The summed E-state index contributed by atoms with van der Waals surface area (Å²) in [6, 6.07) is 0.613. The molecule has 1 N–H and O–H groups in total. The van der Waals surface area contributed by atoms with Gasteiger partial charge in [0.05, 0.1) is 0 Å². The smallest absolute Gasteiger partial charge is 0.205 e. The molecule has 1 saturated carbocycles. The van der Waals surface area contributed by atoms with E-state index in [0.29, 0.717) is 6.04 Å². The van der Waals surface area contributed by atoms with Gasteiger partial charge >= 0.3 is 0 Å². The fourth-order valence-corrected chi connectivity index (χ4v) is 2.39. The molecule has 3 nitrogen and oxygen atoms in total. The first-order valence-corrected chi connectivity index (χ1v) is 5.55. The SMILES string of the molecule is Cc1nnc(NC2CC(C)C2C)s1. The monoisotopic (exact) mass is 197 g/mol. The minimum atomic E-state index is 0.613. The van der Waals surface area contributed by atoms with Gasteiger partial charge in [-0.15, -0.1) is 10.2 Å². The summed E-state index contributed by atoms with van der Waals surface area (Å²) < 4.78 is 0. The van der Waals surface area contributed by atoms with Crippen molar-refractivity contribution in [2.45, 2.75) is 33.2 Å². The van der Waals surface area contributed by atoms with E-state index in [-0.39, 0.29) is 0 Å². The van der Waals surface area contributed by atoms with Crippen LogP contribution in [-0.2, 0) is 0 Å². The van der Waals surface area contributed by atoms with Crippen LogP contribution in [0.3, 0.4) is 0 Å². The third-order valence-corrected chi connectivity index (χ3v) is 3.76. The second-order valence-electron chi connectivity index (χ2n) is 3.95. The second kappa shape index (κ2) is 3.25. The van der Waals surface area contributed by atoms with Gasteiger partial charge in [-0.3, -0.25) is 0 Å². The third kappa shape index (κ3) is 1.68. The van der Waals surface area contributed by atoms with Crippen molar-refractivity contribution in [3.05, 3.63) is 5.01 Å². The summed E-state index contributed by atoms with van der Waals surface area (Å²) in [5, 5.41) is 13.5. The van der Waals surface area contributed by atoms with Crippen molar-refractivity contribution in [3.63, 3.8) is 0 Å². The zero-order valence-electron chi connectivity index (χ0n) is 8.24. The predicted octanol–water partition coefficient (Wildman–Crippen LogP) is 2.30. The first kappa shape index (κ1) is 8.94. The summed E-state index contributed by atoms with van der Waals surface area (Å²) in [5.74, 6) is 1.62. The number of nitrogens with one attached hydrogen (secondary N) is 1. The summed E-state index contributed by atoms with van der Waals surface area (Å²) in [5.41, 5.74) is 0. The van der Waals surface area contributed by atoms with Gasteiger partial charge in [0.1, 0.15) is 5.01 Å². The fourth-order valence-electron chi connectivity index (χ4n) is 1.73. The van der Waals surface area contributed by atoms with Crippen molar-refractivity contribution in [2.75, 3.05) is 5.32 Å². The molecule has 1 fully saturated rings. The van der Waals surface area contributed by atoms with E-state index in [1.165, 1.54) is 6.42 Å². The van der Waals surface area contributed by atoms with Gasteiger partial charge in [0, 0.05) is 6.04 Å². The molecule has 0 bridgehead atoms. The van der Waals surface area contributed by atoms with Gasteiger partial charge in [-0.2, -0.15) is 0 Å². The van der Waals surface area contributed by atoms with Crippen LogP contribution in [0.1, 0.15) is 25.3 Å². The molecule has 4 heteroatoms. The number of anilines is 1. The van der Waals surface area contributed by atoms with Crippen LogP contribution >= 0.6 is 11.3 Å². The minimum absolute atomic E-state index is 0.613. The van der Waals surface area contributed by atoms with Crippen LogP contribution in [0.25, 0.3) is 0 Å². The molecule has 0 amide bonds. The van der Waals surface area contributed by atoms with Gasteiger partial charge in [0.15, 0.2) is 0 Å². The number of rotatable bonds is 2. The van der Waals surface area contributed by atoms with Crippen LogP contribution in [0, 0.1) is 18.8 Å². The van der Waals surface area contributed by atoms with Crippen molar-refractivity contribution in [1.82, 2.24) is 10.2 Å². The summed E-state index contributed by atoms with van der Waals surface area (Å²) in [4.78, 5) is 0. The fraction of sp³-hybridized carbons (Fsp3) is 0.778. The quantitative estimate of drug-likeness (QED) is 0.790. The highest BCUT2D eigenvalue weighted by atomic mass is 32.1. The molecule has 1 aromatic heterocycles. The summed E-state index contributed by atoms with van der Waals surface area (Å²) >= 11 is 1.64. The van der Waals surface area contributed by atoms with E-state index in [1.807, 2.05) is 6.92 Å². The van der Waals surface area contributed by atoms with E-state index in [1.54, 1.807) is 11.3 Å². The molecule has 0 spiro atoms. The van der Waals surface area contributed by atoms with E-state index in [2.05, 4.69) is 29.4 Å². The standard InChI is InChI=1S/C9H15N3S/c1-5-4-8(6(5)2)10-9-12-11-7(3)13-9/h5-6,8H,4H2,1-3H3,(H,10,12). The lowest BCUT2D eigenvalue weighted by atomic mass is 9.72. The van der Waals surface area contributed by atoms with Crippen molar-refractivity contribution in [2.24, 2.45) is 11.8 Å². The largest absolute Gasteiger partial charge is 0.357 e. The number of aryl methyl sites for hydroxylation is 1. The van der Waals surface area contributed by atoms with Crippen molar-refractivity contribution in [3.8, 4) is 0 Å². The molecule has 1 aliphatic carbocycles. The lowest BCUT2D eigenvalue weighted by Crippen LogP contribution is -2.43. The van der Waals surface area contributed by atoms with E-state index in [0.717, 1.165) is 22.0 Å². The molecule has 3 atom stereocenters. The van der Waals surface area contributed by atoms with Crippen molar-refractivity contribution >= 4 is 16.5 Å². The molecular weight excluding hydrogens is 182 g/mol. The number of nitrogens with zero attached hydrogens (tertiary/aromatic N) is 2. The lowest BCUT2D eigenvalue weighted by molar-refractivity contribution is 0.189. The average molecular weight is 197 g/mol. The van der Waals surface area contributed by atoms with Crippen LogP contribution in [0.4, 0.5) is 5.13 Å². The van der Waals surface area contributed by atoms with E-state index < -0.39 is 0 Å². The topological polar surface area (TPSA) is 37.8 Å². The maximum absolute atomic E-state index is 4.05. The van der Waals surface area contributed by atoms with E-state index >= 15 is 0 Å². The Morgan fingerprint density at radius 1 is 1.38 bits per heavy atom. The van der Waals surface area contributed by atoms with Gasteiger partial charge < -0.3 is 5.32 Å². The molecule has 1 aliphatic rings. The second-order valence-corrected chi connectivity index (χ2v) is 5.13. The van der Waals surface area contributed by atoms with Gasteiger partial charge in [-0.25, -0.2) is 0 Å². The van der Waals surface area contributed by atoms with Crippen LogP contribution in [0.2, 0.25) is 0 Å². The molecular formula is C9H15N3S. The van der Waals surface area contributed by atoms with Crippen molar-refractivity contribution < 1.29 is 0 Å². The normalized spacial score (nSPS) is 32.7. The summed E-state index contributed by atoms with van der Waals surface area (Å²) in [7, 11) is 0. The van der Waals surface area contributed by atoms with Gasteiger partial charge in [-0.1, -0.05) is 25.2 Å². The molecule has 2 rings (SSSR count). The number of hydrogen-bond donors (Lipinski definition) is 1. The Labute approximate surface area is 82.6 Å². The molecule has 0 aliphatic heterocycles. The summed E-state index contributed by atoms with van der Waals surface area (Å²) in [6.45, 7) is 6.57. The maximum Gasteiger partial charge on any atom is 0.205 e. The first-order chi connectivity index (χ1) is 6.16. The van der Waals surface area contributed by atoms with E-state index in [9.17, 15) is 0 Å². The van der Waals surface area contributed by atoms with Crippen LogP contribution in [0.5, 0.6) is 0 Å². The Kier molecular flexibility index (Phi) is 2.24. The molecule has 1 heterocycles. The Morgan fingerprint density at radius 2 is 2.15 bits per heavy atom. The predicted molar refractivity (Wildman–Crippen MR) is 55.0 cm³/mol. The lowest BCUT2D eigenvalue weighted by Gasteiger charge is -2.40. The zero-order chi connectivity index (χ0) is 9.42. The van der Waals surface area contributed by atoms with Gasteiger partial charge in [0.2, 0.25) is 5.13 Å².